The van der Waals surface area contributed by atoms with Gasteiger partial charge < -0.3 is 9.88 Å². The number of hydrogen-bond donors (Lipinski definition) is 1. The third kappa shape index (κ3) is 3.08. The zero-order valence-electron chi connectivity index (χ0n) is 11.3. The summed E-state index contributed by atoms with van der Waals surface area (Å²) < 4.78 is 15.1. The highest BCUT2D eigenvalue weighted by molar-refractivity contribution is 7.15. The normalized spacial score (nSPS) is 11.0. The van der Waals surface area contributed by atoms with E-state index < -0.39 is 0 Å². The van der Waals surface area contributed by atoms with Crippen molar-refractivity contribution < 1.29 is 9.18 Å². The molecule has 0 bridgehead atoms. The Morgan fingerprint density at radius 2 is 2.24 bits per heavy atom. The maximum atomic E-state index is 13.3. The molecule has 1 amide bonds. The summed E-state index contributed by atoms with van der Waals surface area (Å²) >= 11 is 1.33. The van der Waals surface area contributed by atoms with Crippen LogP contribution in [0.2, 0.25) is 0 Å². The number of benzene rings is 1. The molecule has 1 aromatic carbocycles. The molecule has 0 atom stereocenters. The largest absolute Gasteiger partial charge is 0.347 e. The Bertz CT molecular complexity index is 795. The summed E-state index contributed by atoms with van der Waals surface area (Å²) in [7, 11) is 0. The Labute approximate surface area is 124 Å². The molecule has 7 heteroatoms. The fourth-order valence-electron chi connectivity index (χ4n) is 2.10. The summed E-state index contributed by atoms with van der Waals surface area (Å²) in [6, 6.07) is 6.53. The maximum absolute atomic E-state index is 13.3. The van der Waals surface area contributed by atoms with Crippen molar-refractivity contribution in [1.82, 2.24) is 14.8 Å². The highest BCUT2D eigenvalue weighted by Crippen LogP contribution is 2.18. The number of aryl methyl sites for hydroxylation is 2. The summed E-state index contributed by atoms with van der Waals surface area (Å²) in [6.07, 6.45) is 2.14. The summed E-state index contributed by atoms with van der Waals surface area (Å²) in [6.45, 7) is 2.31. The van der Waals surface area contributed by atoms with Crippen molar-refractivity contribution >= 4 is 33.3 Å². The van der Waals surface area contributed by atoms with E-state index in [2.05, 4.69) is 15.5 Å². The van der Waals surface area contributed by atoms with E-state index in [-0.39, 0.29) is 11.7 Å². The molecular formula is C14H13FN4OS. The number of nitrogens with zero attached hydrogens (tertiary/aromatic N) is 3. The van der Waals surface area contributed by atoms with E-state index in [4.69, 9.17) is 0 Å². The van der Waals surface area contributed by atoms with E-state index in [1.165, 1.54) is 23.5 Å². The van der Waals surface area contributed by atoms with Crippen LogP contribution in [0.1, 0.15) is 11.4 Å². The fourth-order valence-corrected chi connectivity index (χ4v) is 2.71. The predicted octanol–water partition coefficient (Wildman–Crippen LogP) is 2.97. The Balaban J connectivity index is 1.66. The van der Waals surface area contributed by atoms with Crippen LogP contribution in [-0.2, 0) is 11.3 Å². The van der Waals surface area contributed by atoms with Crippen molar-refractivity contribution in [3.05, 3.63) is 41.3 Å². The highest BCUT2D eigenvalue weighted by Gasteiger charge is 2.08. The monoisotopic (exact) mass is 304 g/mol. The van der Waals surface area contributed by atoms with Crippen LogP contribution in [0.4, 0.5) is 9.52 Å². The second-order valence-electron chi connectivity index (χ2n) is 4.64. The van der Waals surface area contributed by atoms with Gasteiger partial charge in [0.1, 0.15) is 10.8 Å². The van der Waals surface area contributed by atoms with Crippen molar-refractivity contribution in [3.8, 4) is 0 Å². The lowest BCUT2D eigenvalue weighted by molar-refractivity contribution is -0.116. The van der Waals surface area contributed by atoms with E-state index in [1.807, 2.05) is 23.8 Å². The first-order valence-corrected chi connectivity index (χ1v) is 7.28. The number of amides is 1. The van der Waals surface area contributed by atoms with Crippen molar-refractivity contribution in [2.75, 3.05) is 5.32 Å². The number of carbonyl (C=O) groups is 1. The molecule has 108 valence electrons. The first-order valence-electron chi connectivity index (χ1n) is 6.46. The lowest BCUT2D eigenvalue weighted by Crippen LogP contribution is -2.14. The zero-order chi connectivity index (χ0) is 14.8. The van der Waals surface area contributed by atoms with Crippen LogP contribution in [0.3, 0.4) is 0 Å². The minimum atomic E-state index is -0.281. The molecule has 3 rings (SSSR count). The van der Waals surface area contributed by atoms with Crippen LogP contribution >= 0.6 is 11.3 Å². The molecule has 3 aromatic rings. The first-order chi connectivity index (χ1) is 10.1. The van der Waals surface area contributed by atoms with Gasteiger partial charge in [0, 0.05) is 19.2 Å². The second-order valence-corrected chi connectivity index (χ2v) is 5.82. The standard InChI is InChI=1S/C14H13FN4OS/c1-9-17-18-14(21-9)16-13(20)5-7-19-6-4-10-2-3-11(15)8-12(10)19/h2-4,6,8H,5,7H2,1H3,(H,16,18,20). The van der Waals surface area contributed by atoms with Crippen LogP contribution in [0.15, 0.2) is 30.5 Å². The van der Waals surface area contributed by atoms with Crippen molar-refractivity contribution in [2.24, 2.45) is 0 Å². The van der Waals surface area contributed by atoms with Gasteiger partial charge in [0.05, 0.1) is 5.52 Å². The molecule has 0 radical (unpaired) electrons. The van der Waals surface area contributed by atoms with Gasteiger partial charge in [-0.3, -0.25) is 4.79 Å². The fraction of sp³-hybridized carbons (Fsp3) is 0.214. The molecule has 2 heterocycles. The third-order valence-corrected chi connectivity index (χ3v) is 3.84. The number of nitrogens with one attached hydrogen (secondary N) is 1. The molecule has 0 aliphatic rings. The highest BCUT2D eigenvalue weighted by atomic mass is 32.1. The van der Waals surface area contributed by atoms with E-state index >= 15 is 0 Å². The summed E-state index contributed by atoms with van der Waals surface area (Å²) in [5, 5.41) is 12.6. The quantitative estimate of drug-likeness (QED) is 0.806. The Morgan fingerprint density at radius 3 is 3.00 bits per heavy atom. The number of fused-ring (bicyclic) bond motifs is 1. The van der Waals surface area contributed by atoms with Gasteiger partial charge in [-0.1, -0.05) is 11.3 Å². The number of halogens is 1. The van der Waals surface area contributed by atoms with Crippen molar-refractivity contribution in [1.29, 1.82) is 0 Å². The van der Waals surface area contributed by atoms with Crippen molar-refractivity contribution in [2.45, 2.75) is 19.9 Å². The van der Waals surface area contributed by atoms with E-state index in [0.717, 1.165) is 15.9 Å². The predicted molar refractivity (Wildman–Crippen MR) is 79.8 cm³/mol. The van der Waals surface area contributed by atoms with Crippen LogP contribution in [0, 0.1) is 12.7 Å². The summed E-state index contributed by atoms with van der Waals surface area (Å²) in [4.78, 5) is 11.9. The first kappa shape index (κ1) is 13.7. The van der Waals surface area contributed by atoms with Gasteiger partial charge in [-0.25, -0.2) is 4.39 Å². The minimum absolute atomic E-state index is 0.135. The molecule has 1 N–H and O–H groups in total. The van der Waals surface area contributed by atoms with Crippen LogP contribution < -0.4 is 5.32 Å². The number of anilines is 1. The maximum Gasteiger partial charge on any atom is 0.227 e. The van der Waals surface area contributed by atoms with Gasteiger partial charge in [0.15, 0.2) is 0 Å². The molecular weight excluding hydrogens is 291 g/mol. The molecule has 0 fully saturated rings. The molecule has 2 aromatic heterocycles. The number of hydrogen-bond acceptors (Lipinski definition) is 4. The molecule has 5 nitrogen and oxygen atoms in total. The average molecular weight is 304 g/mol. The Morgan fingerprint density at radius 1 is 1.38 bits per heavy atom. The molecule has 0 aliphatic carbocycles. The van der Waals surface area contributed by atoms with E-state index in [0.29, 0.717) is 18.1 Å². The van der Waals surface area contributed by atoms with E-state index in [1.54, 1.807) is 6.07 Å². The number of aromatic nitrogens is 3. The molecule has 0 aliphatic heterocycles. The number of rotatable bonds is 4. The Hall–Kier alpha value is -2.28. The SMILES string of the molecule is Cc1nnc(NC(=O)CCn2ccc3ccc(F)cc32)s1. The van der Waals surface area contributed by atoms with Crippen LogP contribution in [0.5, 0.6) is 0 Å². The van der Waals surface area contributed by atoms with Gasteiger partial charge in [0.25, 0.3) is 0 Å². The topological polar surface area (TPSA) is 59.8 Å². The van der Waals surface area contributed by atoms with Gasteiger partial charge >= 0.3 is 0 Å². The molecule has 0 unspecified atom stereocenters. The van der Waals surface area contributed by atoms with E-state index in [9.17, 15) is 9.18 Å². The summed E-state index contributed by atoms with van der Waals surface area (Å²) in [5.74, 6) is -0.416. The third-order valence-electron chi connectivity index (χ3n) is 3.09. The second kappa shape index (κ2) is 5.61. The Kier molecular flexibility index (Phi) is 3.66. The molecule has 0 saturated carbocycles. The van der Waals surface area contributed by atoms with Gasteiger partial charge in [-0.15, -0.1) is 10.2 Å². The van der Waals surface area contributed by atoms with Crippen LogP contribution in [0.25, 0.3) is 10.9 Å². The zero-order valence-corrected chi connectivity index (χ0v) is 12.2. The smallest absolute Gasteiger partial charge is 0.227 e. The molecule has 0 saturated heterocycles. The van der Waals surface area contributed by atoms with Gasteiger partial charge in [-0.05, 0) is 36.6 Å². The van der Waals surface area contributed by atoms with Crippen LogP contribution in [-0.4, -0.2) is 20.7 Å². The minimum Gasteiger partial charge on any atom is -0.347 e. The molecule has 0 spiro atoms. The molecule has 21 heavy (non-hydrogen) atoms. The lowest BCUT2D eigenvalue weighted by Gasteiger charge is -2.05. The van der Waals surface area contributed by atoms with Gasteiger partial charge in [0.2, 0.25) is 11.0 Å². The lowest BCUT2D eigenvalue weighted by atomic mass is 10.2. The number of carbonyl (C=O) groups excluding carboxylic acids is 1. The van der Waals surface area contributed by atoms with Gasteiger partial charge in [-0.2, -0.15) is 0 Å². The average Bonchev–Trinajstić information content (AvgIpc) is 3.03. The van der Waals surface area contributed by atoms with Crippen molar-refractivity contribution in [3.63, 3.8) is 0 Å². The summed E-state index contributed by atoms with van der Waals surface area (Å²) in [5.41, 5.74) is 0.787.